The third-order valence-electron chi connectivity index (χ3n) is 3.95. The van der Waals surface area contributed by atoms with Crippen LogP contribution in [0.1, 0.15) is 31.8 Å². The lowest BCUT2D eigenvalue weighted by atomic mass is 10.1. The maximum atomic E-state index is 11.8. The first-order valence-electron chi connectivity index (χ1n) is 7.64. The van der Waals surface area contributed by atoms with E-state index in [1.807, 2.05) is 0 Å². The minimum atomic E-state index is -0.579. The molecule has 2 amide bonds. The van der Waals surface area contributed by atoms with Crippen molar-refractivity contribution >= 4 is 23.5 Å². The van der Waals surface area contributed by atoms with Gasteiger partial charge in [0.2, 0.25) is 0 Å². The minimum Gasteiger partial charge on any atom is -0.469 e. The molecule has 0 bridgehead atoms. The number of methoxy groups -OCH3 is 1. The summed E-state index contributed by atoms with van der Waals surface area (Å²) in [5, 5.41) is 5.02. The van der Waals surface area contributed by atoms with Gasteiger partial charge in [0.05, 0.1) is 24.7 Å². The average molecular weight is 354 g/mol. The molecule has 0 saturated heterocycles. The highest BCUT2D eigenvalue weighted by molar-refractivity contribution is 6.22. The van der Waals surface area contributed by atoms with Crippen LogP contribution in [0.2, 0.25) is 0 Å². The number of ether oxygens (including phenoxy) is 2. The maximum absolute atomic E-state index is 11.8. The summed E-state index contributed by atoms with van der Waals surface area (Å²) in [5.41, 5.74) is 1.57. The molecule has 1 N–H and O–H groups in total. The summed E-state index contributed by atoms with van der Waals surface area (Å²) in [4.78, 5) is 45.9. The van der Waals surface area contributed by atoms with Gasteiger partial charge in [-0.3, -0.25) is 19.7 Å². The molecule has 3 rings (SSSR count). The van der Waals surface area contributed by atoms with Crippen molar-refractivity contribution in [1.29, 1.82) is 0 Å². The van der Waals surface area contributed by atoms with Crippen molar-refractivity contribution in [3.63, 3.8) is 0 Å². The predicted octanol–water partition coefficient (Wildman–Crippen LogP) is 2.78. The quantitative estimate of drug-likeness (QED) is 0.502. The molecular formula is C18H14N2O6. The molecule has 1 heterocycles. The second kappa shape index (κ2) is 6.75. The van der Waals surface area contributed by atoms with Gasteiger partial charge < -0.3 is 9.47 Å². The van der Waals surface area contributed by atoms with Crippen molar-refractivity contribution in [2.45, 2.75) is 13.3 Å². The van der Waals surface area contributed by atoms with Crippen molar-refractivity contribution in [3.8, 4) is 11.5 Å². The van der Waals surface area contributed by atoms with Crippen molar-refractivity contribution in [3.05, 3.63) is 57.5 Å². The Morgan fingerprint density at radius 3 is 2.38 bits per heavy atom. The summed E-state index contributed by atoms with van der Waals surface area (Å²) in [7, 11) is 1.31. The molecule has 0 spiro atoms. The van der Waals surface area contributed by atoms with Gasteiger partial charge in [-0.2, -0.15) is 0 Å². The van der Waals surface area contributed by atoms with Crippen LogP contribution >= 0.6 is 0 Å². The van der Waals surface area contributed by atoms with E-state index in [1.54, 1.807) is 25.1 Å². The van der Waals surface area contributed by atoms with Gasteiger partial charge >= 0.3 is 5.97 Å². The number of carbonyl (C=O) groups is 3. The normalized spacial score (nSPS) is 12.4. The zero-order valence-electron chi connectivity index (χ0n) is 14.0. The minimum absolute atomic E-state index is 0.0624. The van der Waals surface area contributed by atoms with E-state index in [0.29, 0.717) is 11.3 Å². The van der Waals surface area contributed by atoms with E-state index in [1.165, 1.54) is 19.2 Å². The Morgan fingerprint density at radius 1 is 1.08 bits per heavy atom. The van der Waals surface area contributed by atoms with Gasteiger partial charge in [-0.15, -0.1) is 4.91 Å². The number of hydrogen-bond acceptors (Lipinski definition) is 7. The van der Waals surface area contributed by atoms with Gasteiger partial charge in [0.15, 0.2) is 11.4 Å². The molecule has 1 aliphatic heterocycles. The Bertz CT molecular complexity index is 951. The number of nitrogens with one attached hydrogen (secondary N) is 1. The summed E-state index contributed by atoms with van der Waals surface area (Å²) in [5.74, 6) is -1.01. The third kappa shape index (κ3) is 3.16. The number of fused-ring (bicyclic) bond motifs is 1. The molecule has 1 aliphatic rings. The fourth-order valence-corrected chi connectivity index (χ4v) is 2.63. The third-order valence-corrected chi connectivity index (χ3v) is 3.95. The largest absolute Gasteiger partial charge is 0.469 e. The summed E-state index contributed by atoms with van der Waals surface area (Å²) in [6, 6.07) is 7.62. The first-order chi connectivity index (χ1) is 12.4. The molecule has 0 aliphatic carbocycles. The highest BCUT2D eigenvalue weighted by Gasteiger charge is 2.29. The number of hydrogen-bond donors (Lipinski definition) is 1. The number of esters is 1. The van der Waals surface area contributed by atoms with Crippen LogP contribution in [0.25, 0.3) is 0 Å². The SMILES string of the molecule is COC(=O)Cc1ccc(Oc2cc3c(cc2N=O)C(=O)NC3=O)c(C)c1. The van der Waals surface area contributed by atoms with Crippen LogP contribution in [0.4, 0.5) is 5.69 Å². The molecule has 0 unspecified atom stereocenters. The molecule has 26 heavy (non-hydrogen) atoms. The Balaban J connectivity index is 1.93. The smallest absolute Gasteiger partial charge is 0.309 e. The predicted molar refractivity (Wildman–Crippen MR) is 90.7 cm³/mol. The first kappa shape index (κ1) is 17.3. The number of rotatable bonds is 5. The van der Waals surface area contributed by atoms with Gasteiger partial charge in [-0.05, 0) is 41.4 Å². The molecule has 0 radical (unpaired) electrons. The van der Waals surface area contributed by atoms with Gasteiger partial charge in [-0.1, -0.05) is 12.1 Å². The molecule has 132 valence electrons. The van der Waals surface area contributed by atoms with Crippen LogP contribution in [-0.4, -0.2) is 24.9 Å². The summed E-state index contributed by atoms with van der Waals surface area (Å²) >= 11 is 0. The number of nitrogens with zero attached hydrogens (tertiary/aromatic N) is 1. The molecule has 0 saturated carbocycles. The van der Waals surface area contributed by atoms with Gasteiger partial charge in [0, 0.05) is 0 Å². The van der Waals surface area contributed by atoms with Crippen LogP contribution in [0.3, 0.4) is 0 Å². The maximum Gasteiger partial charge on any atom is 0.309 e. The average Bonchev–Trinajstić information content (AvgIpc) is 2.89. The lowest BCUT2D eigenvalue weighted by Crippen LogP contribution is -2.19. The Kier molecular flexibility index (Phi) is 4.49. The molecule has 0 aromatic heterocycles. The highest BCUT2D eigenvalue weighted by atomic mass is 16.5. The van der Waals surface area contributed by atoms with Crippen LogP contribution in [0.5, 0.6) is 11.5 Å². The zero-order valence-corrected chi connectivity index (χ0v) is 14.0. The van der Waals surface area contributed by atoms with E-state index in [9.17, 15) is 19.3 Å². The molecular weight excluding hydrogens is 340 g/mol. The van der Waals surface area contributed by atoms with Crippen LogP contribution in [0, 0.1) is 11.8 Å². The van der Waals surface area contributed by atoms with Crippen molar-refractivity contribution in [1.82, 2.24) is 5.32 Å². The standard InChI is InChI=1S/C18H14N2O6/c1-9-5-10(6-16(21)25-2)3-4-14(9)26-15-8-12-11(7-13(15)20-24)17(22)19-18(12)23/h3-5,7-8H,6H2,1-2H3,(H,19,22,23). The number of carbonyl (C=O) groups excluding carboxylic acids is 3. The monoisotopic (exact) mass is 354 g/mol. The second-order valence-corrected chi connectivity index (χ2v) is 5.69. The number of benzene rings is 2. The molecule has 2 aromatic rings. The number of aryl methyl sites for hydroxylation is 1. The Labute approximate surface area is 148 Å². The van der Waals surface area contributed by atoms with E-state index >= 15 is 0 Å². The Hall–Kier alpha value is -3.55. The van der Waals surface area contributed by atoms with Gasteiger partial charge in [0.25, 0.3) is 11.8 Å². The van der Waals surface area contributed by atoms with Crippen molar-refractivity contribution in [2.75, 3.05) is 7.11 Å². The van der Waals surface area contributed by atoms with Crippen molar-refractivity contribution in [2.24, 2.45) is 5.18 Å². The van der Waals surface area contributed by atoms with Crippen LogP contribution in [-0.2, 0) is 16.0 Å². The zero-order chi connectivity index (χ0) is 18.8. The molecule has 0 fully saturated rings. The Morgan fingerprint density at radius 2 is 1.77 bits per heavy atom. The summed E-state index contributed by atoms with van der Waals surface area (Å²) < 4.78 is 10.4. The fraction of sp³-hybridized carbons (Fsp3) is 0.167. The lowest BCUT2D eigenvalue weighted by molar-refractivity contribution is -0.139. The van der Waals surface area contributed by atoms with Gasteiger partial charge in [-0.25, -0.2) is 0 Å². The van der Waals surface area contributed by atoms with Gasteiger partial charge in [0.1, 0.15) is 5.75 Å². The van der Waals surface area contributed by atoms with E-state index < -0.39 is 11.8 Å². The second-order valence-electron chi connectivity index (χ2n) is 5.69. The van der Waals surface area contributed by atoms with E-state index in [4.69, 9.17) is 4.74 Å². The molecule has 2 aromatic carbocycles. The van der Waals surface area contributed by atoms with E-state index in [2.05, 4.69) is 15.2 Å². The fourth-order valence-electron chi connectivity index (χ4n) is 2.63. The van der Waals surface area contributed by atoms with E-state index in [-0.39, 0.29) is 35.0 Å². The van der Waals surface area contributed by atoms with Crippen LogP contribution in [0.15, 0.2) is 35.5 Å². The number of imide groups is 1. The summed E-state index contributed by atoms with van der Waals surface area (Å²) in [6.07, 6.45) is 0.125. The number of nitroso groups, excluding NO2 is 1. The van der Waals surface area contributed by atoms with E-state index in [0.717, 1.165) is 5.56 Å². The molecule has 8 nitrogen and oxygen atoms in total. The van der Waals surface area contributed by atoms with Crippen LogP contribution < -0.4 is 10.1 Å². The molecule has 8 heteroatoms. The first-order valence-corrected chi connectivity index (χ1v) is 7.64. The topological polar surface area (TPSA) is 111 Å². The van der Waals surface area contributed by atoms with Crippen molar-refractivity contribution < 1.29 is 23.9 Å². The highest BCUT2D eigenvalue weighted by Crippen LogP contribution is 2.37. The summed E-state index contributed by atoms with van der Waals surface area (Å²) in [6.45, 7) is 1.77. The molecule has 0 atom stereocenters. The lowest BCUT2D eigenvalue weighted by Gasteiger charge is -2.12. The number of amides is 2.